The molecule has 1 aromatic carbocycles. The Balaban J connectivity index is 1.31. The van der Waals surface area contributed by atoms with Gasteiger partial charge in [-0.3, -0.25) is 14.0 Å². The molecule has 0 atom stereocenters. The van der Waals surface area contributed by atoms with Gasteiger partial charge in [0.2, 0.25) is 5.91 Å². The predicted octanol–water partition coefficient (Wildman–Crippen LogP) is 2.26. The molecule has 8 heteroatoms. The number of hydrogen-bond acceptors (Lipinski definition) is 5. The highest BCUT2D eigenvalue weighted by Gasteiger charge is 2.27. The quantitative estimate of drug-likeness (QED) is 0.677. The Kier molecular flexibility index (Phi) is 5.92. The molecule has 1 saturated heterocycles. The highest BCUT2D eigenvalue weighted by molar-refractivity contribution is 5.98. The molecule has 0 radical (unpaired) electrons. The van der Waals surface area contributed by atoms with Crippen molar-refractivity contribution < 1.29 is 14.3 Å². The zero-order chi connectivity index (χ0) is 20.9. The molecule has 30 heavy (non-hydrogen) atoms. The van der Waals surface area contributed by atoms with Crippen LogP contribution in [0.3, 0.4) is 0 Å². The van der Waals surface area contributed by atoms with Crippen molar-refractivity contribution >= 4 is 17.5 Å². The van der Waals surface area contributed by atoms with E-state index >= 15 is 0 Å². The molecule has 8 nitrogen and oxygen atoms in total. The maximum absolute atomic E-state index is 12.6. The summed E-state index contributed by atoms with van der Waals surface area (Å²) in [5.74, 6) is 1.34. The van der Waals surface area contributed by atoms with Crippen molar-refractivity contribution in [1.29, 1.82) is 0 Å². The van der Waals surface area contributed by atoms with Crippen molar-refractivity contribution in [2.24, 2.45) is 0 Å². The molecule has 156 valence electrons. The monoisotopic (exact) mass is 407 g/mol. The lowest BCUT2D eigenvalue weighted by atomic mass is 9.96. The number of rotatable bonds is 6. The molecule has 4 rings (SSSR count). The summed E-state index contributed by atoms with van der Waals surface area (Å²) in [6.45, 7) is 3.58. The molecular formula is C22H25N5O3. The standard InChI is InChI=1S/C22H25N5O3/c1-2-30-18-8-4-3-7-17(18)22(29)23-15-20(28)26-13-10-16(11-14-26)21-25-24-19-9-5-6-12-27(19)21/h3-9,12,16H,2,10-11,13-15H2,1H3,(H,23,29). The molecule has 3 aromatic rings. The van der Waals surface area contributed by atoms with Crippen LogP contribution in [-0.2, 0) is 4.79 Å². The van der Waals surface area contributed by atoms with Gasteiger partial charge in [0.1, 0.15) is 11.6 Å². The molecule has 2 amide bonds. The van der Waals surface area contributed by atoms with E-state index in [0.717, 1.165) is 24.3 Å². The van der Waals surface area contributed by atoms with Crippen LogP contribution in [0.2, 0.25) is 0 Å². The lowest BCUT2D eigenvalue weighted by Gasteiger charge is -2.31. The number of piperidine rings is 1. The maximum atomic E-state index is 12.6. The average Bonchev–Trinajstić information content (AvgIpc) is 3.22. The van der Waals surface area contributed by atoms with Crippen molar-refractivity contribution in [3.05, 3.63) is 60.0 Å². The van der Waals surface area contributed by atoms with Crippen molar-refractivity contribution in [3.63, 3.8) is 0 Å². The minimum atomic E-state index is -0.308. The summed E-state index contributed by atoms with van der Waals surface area (Å²) < 4.78 is 7.50. The summed E-state index contributed by atoms with van der Waals surface area (Å²) in [6, 6.07) is 12.9. The van der Waals surface area contributed by atoms with Crippen molar-refractivity contribution in [2.75, 3.05) is 26.2 Å². The second kappa shape index (κ2) is 8.94. The number of amides is 2. The Hall–Kier alpha value is -3.42. The molecule has 1 aliphatic rings. The third kappa shape index (κ3) is 4.12. The van der Waals surface area contributed by atoms with Gasteiger partial charge in [-0.15, -0.1) is 10.2 Å². The molecule has 0 bridgehead atoms. The third-order valence-corrected chi connectivity index (χ3v) is 5.38. The predicted molar refractivity (Wildman–Crippen MR) is 111 cm³/mol. The number of likely N-dealkylation sites (tertiary alicyclic amines) is 1. The molecule has 0 spiro atoms. The first kappa shape index (κ1) is 19.9. The van der Waals surface area contributed by atoms with E-state index in [4.69, 9.17) is 4.74 Å². The number of carbonyl (C=O) groups is 2. The minimum Gasteiger partial charge on any atom is -0.493 e. The zero-order valence-electron chi connectivity index (χ0n) is 17.0. The molecular weight excluding hydrogens is 382 g/mol. The van der Waals surface area contributed by atoms with Crippen molar-refractivity contribution in [1.82, 2.24) is 24.8 Å². The fourth-order valence-electron chi connectivity index (χ4n) is 3.82. The van der Waals surface area contributed by atoms with Crippen LogP contribution in [0.25, 0.3) is 5.65 Å². The largest absolute Gasteiger partial charge is 0.493 e. The summed E-state index contributed by atoms with van der Waals surface area (Å²) in [6.07, 6.45) is 3.61. The van der Waals surface area contributed by atoms with Gasteiger partial charge in [0.25, 0.3) is 5.91 Å². The fraction of sp³-hybridized carbons (Fsp3) is 0.364. The van der Waals surface area contributed by atoms with Crippen molar-refractivity contribution in [3.8, 4) is 5.75 Å². The van der Waals surface area contributed by atoms with Gasteiger partial charge in [0.15, 0.2) is 5.65 Å². The molecule has 3 heterocycles. The summed E-state index contributed by atoms with van der Waals surface area (Å²) in [5.41, 5.74) is 1.27. The van der Waals surface area contributed by atoms with Gasteiger partial charge in [-0.2, -0.15) is 0 Å². The first-order valence-corrected chi connectivity index (χ1v) is 10.2. The summed E-state index contributed by atoms with van der Waals surface area (Å²) in [4.78, 5) is 26.9. The summed E-state index contributed by atoms with van der Waals surface area (Å²) >= 11 is 0. The molecule has 0 saturated carbocycles. The minimum absolute atomic E-state index is 0.0299. The second-order valence-electron chi connectivity index (χ2n) is 7.25. The van der Waals surface area contributed by atoms with Crippen LogP contribution in [0.5, 0.6) is 5.75 Å². The summed E-state index contributed by atoms with van der Waals surface area (Å²) in [7, 11) is 0. The lowest BCUT2D eigenvalue weighted by molar-refractivity contribution is -0.131. The molecule has 1 fully saturated rings. The molecule has 2 aromatic heterocycles. The molecule has 1 aliphatic heterocycles. The van der Waals surface area contributed by atoms with E-state index in [1.165, 1.54) is 0 Å². The van der Waals surface area contributed by atoms with E-state index in [1.807, 2.05) is 41.8 Å². The molecule has 0 unspecified atom stereocenters. The second-order valence-corrected chi connectivity index (χ2v) is 7.25. The number of aromatic nitrogens is 3. The van der Waals surface area contributed by atoms with Crippen LogP contribution in [0.4, 0.5) is 0 Å². The number of fused-ring (bicyclic) bond motifs is 1. The highest BCUT2D eigenvalue weighted by Crippen LogP contribution is 2.27. The number of ether oxygens (including phenoxy) is 1. The average molecular weight is 407 g/mol. The highest BCUT2D eigenvalue weighted by atomic mass is 16.5. The maximum Gasteiger partial charge on any atom is 0.255 e. The van der Waals surface area contributed by atoms with Gasteiger partial charge in [-0.25, -0.2) is 0 Å². The van der Waals surface area contributed by atoms with Crippen LogP contribution >= 0.6 is 0 Å². The van der Waals surface area contributed by atoms with Gasteiger partial charge in [-0.05, 0) is 44.0 Å². The van der Waals surface area contributed by atoms with Gasteiger partial charge in [0.05, 0.1) is 18.7 Å². The number of pyridine rings is 1. The molecule has 1 N–H and O–H groups in total. The van der Waals surface area contributed by atoms with Crippen LogP contribution in [0, 0.1) is 0 Å². The van der Waals surface area contributed by atoms with Gasteiger partial charge >= 0.3 is 0 Å². The third-order valence-electron chi connectivity index (χ3n) is 5.38. The topological polar surface area (TPSA) is 88.8 Å². The van der Waals surface area contributed by atoms with E-state index in [-0.39, 0.29) is 24.3 Å². The number of nitrogens with zero attached hydrogens (tertiary/aromatic N) is 4. The molecule has 0 aliphatic carbocycles. The number of hydrogen-bond donors (Lipinski definition) is 1. The van der Waals surface area contributed by atoms with E-state index < -0.39 is 0 Å². The number of para-hydroxylation sites is 1. The van der Waals surface area contributed by atoms with Gasteiger partial charge < -0.3 is 15.0 Å². The smallest absolute Gasteiger partial charge is 0.255 e. The number of benzene rings is 1. The Morgan fingerprint density at radius 1 is 1.10 bits per heavy atom. The van der Waals surface area contributed by atoms with E-state index in [1.54, 1.807) is 23.1 Å². The zero-order valence-corrected chi connectivity index (χ0v) is 17.0. The Bertz CT molecular complexity index is 1040. The Labute approximate surface area is 174 Å². The lowest BCUT2D eigenvalue weighted by Crippen LogP contribution is -2.44. The van der Waals surface area contributed by atoms with Crippen LogP contribution < -0.4 is 10.1 Å². The number of carbonyl (C=O) groups excluding carboxylic acids is 2. The van der Waals surface area contributed by atoms with Gasteiger partial charge in [-0.1, -0.05) is 18.2 Å². The van der Waals surface area contributed by atoms with Crippen LogP contribution in [0.1, 0.15) is 41.9 Å². The van der Waals surface area contributed by atoms with E-state index in [0.29, 0.717) is 31.0 Å². The van der Waals surface area contributed by atoms with Gasteiger partial charge in [0, 0.05) is 25.2 Å². The van der Waals surface area contributed by atoms with E-state index in [2.05, 4.69) is 15.5 Å². The van der Waals surface area contributed by atoms with Crippen LogP contribution in [-0.4, -0.2) is 57.6 Å². The summed E-state index contributed by atoms with van der Waals surface area (Å²) in [5, 5.41) is 11.3. The first-order valence-electron chi connectivity index (χ1n) is 10.2. The first-order chi connectivity index (χ1) is 14.7. The van der Waals surface area contributed by atoms with Crippen molar-refractivity contribution in [2.45, 2.75) is 25.7 Å². The number of nitrogens with one attached hydrogen (secondary N) is 1. The fourth-order valence-corrected chi connectivity index (χ4v) is 3.82. The normalized spacial score (nSPS) is 14.6. The van der Waals surface area contributed by atoms with E-state index in [9.17, 15) is 9.59 Å². The Morgan fingerprint density at radius 2 is 1.87 bits per heavy atom. The Morgan fingerprint density at radius 3 is 2.67 bits per heavy atom. The van der Waals surface area contributed by atoms with Crippen LogP contribution in [0.15, 0.2) is 48.7 Å². The SMILES string of the molecule is CCOc1ccccc1C(=O)NCC(=O)N1CCC(c2nnc3ccccn23)CC1.